The number of benzene rings is 1. The van der Waals surface area contributed by atoms with Crippen molar-refractivity contribution in [1.29, 1.82) is 0 Å². The van der Waals surface area contributed by atoms with Gasteiger partial charge in [0.1, 0.15) is 17.3 Å². The Bertz CT molecular complexity index is 1380. The first-order valence-electron chi connectivity index (χ1n) is 11.3. The second kappa shape index (κ2) is 9.37. The number of amides is 1. The van der Waals surface area contributed by atoms with Crippen LogP contribution in [0.15, 0.2) is 40.4 Å². The predicted molar refractivity (Wildman–Crippen MR) is 130 cm³/mol. The van der Waals surface area contributed by atoms with Gasteiger partial charge in [0.05, 0.1) is 36.1 Å². The Morgan fingerprint density at radius 1 is 1.17 bits per heavy atom. The number of carbonyl (C=O) groups is 3. The van der Waals surface area contributed by atoms with E-state index in [4.69, 9.17) is 14.0 Å². The average molecular weight is 494 g/mol. The molecular formula is C26H27N3O7. The normalized spacial score (nSPS) is 17.2. The van der Waals surface area contributed by atoms with Gasteiger partial charge in [-0.1, -0.05) is 17.3 Å². The molecule has 3 heterocycles. The van der Waals surface area contributed by atoms with Crippen LogP contribution in [0.1, 0.15) is 58.5 Å². The number of rotatable bonds is 6. The summed E-state index contributed by atoms with van der Waals surface area (Å²) in [7, 11) is 1.26. The quantitative estimate of drug-likeness (QED) is 0.227. The lowest BCUT2D eigenvalue weighted by Crippen LogP contribution is -2.29. The van der Waals surface area contributed by atoms with Gasteiger partial charge >= 0.3 is 11.9 Å². The van der Waals surface area contributed by atoms with Crippen molar-refractivity contribution in [2.75, 3.05) is 12.0 Å². The molecular weight excluding hydrogens is 466 g/mol. The Hall–Kier alpha value is -4.34. The van der Waals surface area contributed by atoms with Gasteiger partial charge < -0.3 is 24.1 Å². The van der Waals surface area contributed by atoms with E-state index in [1.807, 2.05) is 13.8 Å². The number of ketones is 1. The van der Waals surface area contributed by atoms with Gasteiger partial charge in [0.15, 0.2) is 5.82 Å². The maximum absolute atomic E-state index is 13.3. The molecule has 1 aliphatic rings. The van der Waals surface area contributed by atoms with Crippen LogP contribution in [0.4, 0.5) is 5.82 Å². The fraction of sp³-hybridized carbons (Fsp3) is 0.308. The number of Topliss-reactive ketones (excluding diaryl/α,β-unsaturated/α-hetero) is 1. The maximum atomic E-state index is 13.3. The molecule has 4 rings (SSSR count). The van der Waals surface area contributed by atoms with Crippen LogP contribution in [-0.4, -0.2) is 46.1 Å². The zero-order valence-electron chi connectivity index (χ0n) is 20.8. The first kappa shape index (κ1) is 24.8. The predicted octanol–water partition coefficient (Wildman–Crippen LogP) is 4.13. The summed E-state index contributed by atoms with van der Waals surface area (Å²) in [6.07, 6.45) is -0.0392. The topological polar surface area (TPSA) is 135 Å². The van der Waals surface area contributed by atoms with Crippen LogP contribution < -0.4 is 9.64 Å². The van der Waals surface area contributed by atoms with Crippen LogP contribution in [0.2, 0.25) is 0 Å². The molecule has 2 aromatic heterocycles. The van der Waals surface area contributed by atoms with Crippen LogP contribution in [0, 0.1) is 20.8 Å². The highest BCUT2D eigenvalue weighted by Gasteiger charge is 2.48. The summed E-state index contributed by atoms with van der Waals surface area (Å²) in [5.74, 6) is -1.60. The van der Waals surface area contributed by atoms with Crippen molar-refractivity contribution in [2.45, 2.75) is 46.8 Å². The van der Waals surface area contributed by atoms with Crippen LogP contribution in [0.25, 0.3) is 5.76 Å². The number of carbonyl (C=O) groups excluding carboxylic acids is 3. The number of aromatic amines is 1. The molecule has 3 aromatic rings. The molecule has 2 N–H and O–H groups in total. The highest BCUT2D eigenvalue weighted by Crippen LogP contribution is 2.42. The third kappa shape index (κ3) is 4.15. The maximum Gasteiger partial charge on any atom is 0.339 e. The number of nitrogens with zero attached hydrogens (tertiary/aromatic N) is 2. The summed E-state index contributed by atoms with van der Waals surface area (Å²) in [6, 6.07) is 7.41. The van der Waals surface area contributed by atoms with Crippen LogP contribution >= 0.6 is 0 Å². The molecule has 0 spiro atoms. The van der Waals surface area contributed by atoms with Gasteiger partial charge in [-0.25, -0.2) is 4.79 Å². The van der Waals surface area contributed by atoms with Crippen molar-refractivity contribution in [2.24, 2.45) is 0 Å². The molecule has 36 heavy (non-hydrogen) atoms. The molecule has 10 heteroatoms. The van der Waals surface area contributed by atoms with Gasteiger partial charge in [0.25, 0.3) is 5.78 Å². The van der Waals surface area contributed by atoms with E-state index in [0.717, 1.165) is 0 Å². The van der Waals surface area contributed by atoms with Crippen LogP contribution in [-0.2, 0) is 14.3 Å². The smallest absolute Gasteiger partial charge is 0.339 e. The van der Waals surface area contributed by atoms with Crippen molar-refractivity contribution in [3.05, 3.63) is 69.7 Å². The molecule has 1 unspecified atom stereocenters. The highest BCUT2D eigenvalue weighted by molar-refractivity contribution is 6.51. The minimum atomic E-state index is -1.01. The van der Waals surface area contributed by atoms with Gasteiger partial charge in [-0.3, -0.25) is 14.5 Å². The first-order valence-corrected chi connectivity index (χ1v) is 11.3. The Balaban J connectivity index is 1.92. The van der Waals surface area contributed by atoms with Crippen LogP contribution in [0.3, 0.4) is 0 Å². The van der Waals surface area contributed by atoms with Gasteiger partial charge in [0.2, 0.25) is 0 Å². The fourth-order valence-corrected chi connectivity index (χ4v) is 4.38. The van der Waals surface area contributed by atoms with Gasteiger partial charge in [-0.05, 0) is 57.9 Å². The van der Waals surface area contributed by atoms with Crippen molar-refractivity contribution >= 4 is 29.2 Å². The molecule has 0 aliphatic carbocycles. The summed E-state index contributed by atoms with van der Waals surface area (Å²) in [5, 5.41) is 15.3. The van der Waals surface area contributed by atoms with Crippen molar-refractivity contribution in [3.63, 3.8) is 0 Å². The van der Waals surface area contributed by atoms with Gasteiger partial charge in [0, 0.05) is 11.8 Å². The minimum absolute atomic E-state index is 0.0392. The molecule has 0 saturated carbocycles. The number of methoxy groups -OCH3 is 1. The van der Waals surface area contributed by atoms with Gasteiger partial charge in [-0.15, -0.1) is 0 Å². The second-order valence-electron chi connectivity index (χ2n) is 8.82. The molecule has 0 radical (unpaired) electrons. The van der Waals surface area contributed by atoms with Crippen molar-refractivity contribution in [3.8, 4) is 5.75 Å². The number of nitrogens with one attached hydrogen (secondary N) is 1. The monoisotopic (exact) mass is 493 g/mol. The zero-order valence-corrected chi connectivity index (χ0v) is 20.8. The molecule has 0 bridgehead atoms. The van der Waals surface area contributed by atoms with E-state index in [0.29, 0.717) is 28.3 Å². The lowest BCUT2D eigenvalue weighted by atomic mass is 9.95. The number of hydrogen-bond acceptors (Lipinski definition) is 8. The van der Waals surface area contributed by atoms with Crippen molar-refractivity contribution < 1.29 is 33.5 Å². The van der Waals surface area contributed by atoms with E-state index in [1.54, 1.807) is 45.0 Å². The van der Waals surface area contributed by atoms with Crippen molar-refractivity contribution in [1.82, 2.24) is 10.1 Å². The van der Waals surface area contributed by atoms with E-state index < -0.39 is 29.5 Å². The van der Waals surface area contributed by atoms with E-state index >= 15 is 0 Å². The van der Waals surface area contributed by atoms with Gasteiger partial charge in [-0.2, -0.15) is 0 Å². The number of aliphatic hydroxyl groups excluding tert-OH is 1. The zero-order chi connectivity index (χ0) is 26.3. The summed E-state index contributed by atoms with van der Waals surface area (Å²) < 4.78 is 15.7. The Morgan fingerprint density at radius 2 is 1.83 bits per heavy atom. The average Bonchev–Trinajstić information content (AvgIpc) is 3.47. The molecule has 1 fully saturated rings. The molecule has 1 saturated heterocycles. The highest BCUT2D eigenvalue weighted by atomic mass is 16.5. The van der Waals surface area contributed by atoms with Crippen LogP contribution in [0.5, 0.6) is 5.75 Å². The summed E-state index contributed by atoms with van der Waals surface area (Å²) in [6.45, 7) is 8.74. The lowest BCUT2D eigenvalue weighted by Gasteiger charge is -2.23. The fourth-order valence-electron chi connectivity index (χ4n) is 4.38. The van der Waals surface area contributed by atoms with E-state index in [1.165, 1.54) is 18.1 Å². The summed E-state index contributed by atoms with van der Waals surface area (Å²) in [4.78, 5) is 42.9. The summed E-state index contributed by atoms with van der Waals surface area (Å²) in [5.41, 5.74) is 1.62. The Kier molecular flexibility index (Phi) is 6.45. The number of H-pyrrole nitrogens is 1. The molecule has 1 atom stereocenters. The SMILES string of the molecule is COC(=O)c1c(C)[nH]c(/C(O)=C2\C(=O)C(=O)N(c3cc(C)on3)C2c2ccc(OC(C)C)cc2)c1C. The molecule has 1 amide bonds. The Morgan fingerprint density at radius 3 is 2.39 bits per heavy atom. The summed E-state index contributed by atoms with van der Waals surface area (Å²) >= 11 is 0. The number of esters is 1. The minimum Gasteiger partial charge on any atom is -0.505 e. The number of aromatic nitrogens is 2. The number of hydrogen-bond donors (Lipinski definition) is 2. The molecule has 1 aromatic carbocycles. The lowest BCUT2D eigenvalue weighted by molar-refractivity contribution is -0.132. The molecule has 1 aliphatic heterocycles. The number of anilines is 1. The van der Waals surface area contributed by atoms with E-state index in [-0.39, 0.29) is 28.8 Å². The third-order valence-corrected chi connectivity index (χ3v) is 5.94. The molecule has 188 valence electrons. The molecule has 10 nitrogen and oxygen atoms in total. The van der Waals surface area contributed by atoms with E-state index in [9.17, 15) is 19.5 Å². The first-order chi connectivity index (χ1) is 17.0. The largest absolute Gasteiger partial charge is 0.505 e. The Labute approximate surface area is 207 Å². The third-order valence-electron chi connectivity index (χ3n) is 5.94. The standard InChI is InChI=1S/C26H27N3O7/c1-12(2)35-17-9-7-16(8-10-17)22-20(24(31)25(32)29(22)18-11-13(3)36-28-18)23(30)21-14(4)19(15(5)27-21)26(33)34-6/h7-12,22,27,30H,1-6H3/b23-20+. The van der Waals surface area contributed by atoms with E-state index in [2.05, 4.69) is 10.1 Å². The number of aryl methyl sites for hydroxylation is 2. The number of aliphatic hydroxyl groups is 1. The second-order valence-corrected chi connectivity index (χ2v) is 8.82. The number of ether oxygens (including phenoxy) is 2.